The number of aromatic nitrogens is 1. The smallest absolute Gasteiger partial charge is 0.200 e. The van der Waals surface area contributed by atoms with Crippen LogP contribution in [0, 0.1) is 6.92 Å². The van der Waals surface area contributed by atoms with E-state index in [0.29, 0.717) is 0 Å². The first-order chi connectivity index (χ1) is 15.2. The summed E-state index contributed by atoms with van der Waals surface area (Å²) in [4.78, 5) is 1.33. The van der Waals surface area contributed by atoms with E-state index in [2.05, 4.69) is 115 Å². The predicted molar refractivity (Wildman–Crippen MR) is 131 cm³/mol. The molecule has 2 heteroatoms. The van der Waals surface area contributed by atoms with Crippen molar-refractivity contribution in [2.24, 2.45) is 7.05 Å². The second-order valence-corrected chi connectivity index (χ2v) is 9.05. The Kier molecular flexibility index (Phi) is 4.15. The van der Waals surface area contributed by atoms with Gasteiger partial charge in [0.15, 0.2) is 6.20 Å². The van der Waals surface area contributed by atoms with E-state index in [1.807, 2.05) is 11.3 Å². The Morgan fingerprint density at radius 2 is 1.06 bits per heavy atom. The molecule has 1 nitrogen and oxygen atoms in total. The lowest BCUT2D eigenvalue weighted by Crippen LogP contribution is -2.31. The molecule has 0 bridgehead atoms. The zero-order valence-corrected chi connectivity index (χ0v) is 18.4. The highest BCUT2D eigenvalue weighted by atomic mass is 32.1. The molecule has 0 fully saturated rings. The van der Waals surface area contributed by atoms with Crippen LogP contribution in [-0.4, -0.2) is 0 Å². The summed E-state index contributed by atoms with van der Waals surface area (Å²) < 4.78 is 2.28. The first-order valence-electron chi connectivity index (χ1n) is 10.6. The van der Waals surface area contributed by atoms with Gasteiger partial charge in [0.2, 0.25) is 5.69 Å². The fourth-order valence-electron chi connectivity index (χ4n) is 4.88. The molecular formula is C29H22NS+. The normalized spacial score (nSPS) is 11.5. The van der Waals surface area contributed by atoms with E-state index < -0.39 is 0 Å². The highest BCUT2D eigenvalue weighted by Crippen LogP contribution is 2.50. The number of rotatable bonds is 1. The number of thiophene rings is 1. The molecule has 0 atom stereocenters. The van der Waals surface area contributed by atoms with Crippen LogP contribution in [0.2, 0.25) is 0 Å². The monoisotopic (exact) mass is 416 g/mol. The third-order valence-corrected chi connectivity index (χ3v) is 7.35. The van der Waals surface area contributed by atoms with Crippen LogP contribution in [0.15, 0.2) is 96.5 Å². The number of nitrogens with zero attached hydrogens (tertiary/aromatic N) is 1. The fraction of sp³-hybridized carbons (Fsp3) is 0.0690. The Morgan fingerprint density at radius 1 is 0.581 bits per heavy atom. The van der Waals surface area contributed by atoms with Gasteiger partial charge in [0, 0.05) is 11.6 Å². The second kappa shape index (κ2) is 7.04. The summed E-state index contributed by atoms with van der Waals surface area (Å²) in [5.74, 6) is 0. The van der Waals surface area contributed by atoms with Gasteiger partial charge in [0.25, 0.3) is 0 Å². The summed E-state index contributed by atoms with van der Waals surface area (Å²) in [7, 11) is 2.16. The first-order valence-corrected chi connectivity index (χ1v) is 11.5. The lowest BCUT2D eigenvalue weighted by molar-refractivity contribution is -0.659. The van der Waals surface area contributed by atoms with Crippen molar-refractivity contribution in [2.45, 2.75) is 6.92 Å². The van der Waals surface area contributed by atoms with Crippen LogP contribution in [0.1, 0.15) is 5.56 Å². The molecule has 0 amide bonds. The zero-order chi connectivity index (χ0) is 20.9. The molecule has 148 valence electrons. The Bertz CT molecular complexity index is 1450. The largest absolute Gasteiger partial charge is 0.231 e. The van der Waals surface area contributed by atoms with E-state index >= 15 is 0 Å². The molecule has 1 aliphatic rings. The van der Waals surface area contributed by atoms with Gasteiger partial charge in [-0.1, -0.05) is 72.8 Å². The van der Waals surface area contributed by atoms with Gasteiger partial charge >= 0.3 is 0 Å². The van der Waals surface area contributed by atoms with Crippen molar-refractivity contribution in [1.29, 1.82) is 0 Å². The van der Waals surface area contributed by atoms with Crippen molar-refractivity contribution in [2.75, 3.05) is 0 Å². The lowest BCUT2D eigenvalue weighted by Gasteiger charge is -2.23. The molecular weight excluding hydrogens is 394 g/mol. The van der Waals surface area contributed by atoms with Gasteiger partial charge in [-0.3, -0.25) is 0 Å². The number of fused-ring (bicyclic) bond motifs is 8. The van der Waals surface area contributed by atoms with Gasteiger partial charge in [-0.25, -0.2) is 0 Å². The first kappa shape index (κ1) is 18.3. The fourth-order valence-corrected chi connectivity index (χ4v) is 5.90. The maximum Gasteiger partial charge on any atom is 0.231 e. The van der Waals surface area contributed by atoms with Gasteiger partial charge < -0.3 is 0 Å². The Hall–Kier alpha value is -3.49. The molecule has 3 aromatic carbocycles. The molecule has 2 heterocycles. The lowest BCUT2D eigenvalue weighted by atomic mass is 9.80. The van der Waals surface area contributed by atoms with Crippen LogP contribution >= 0.6 is 11.3 Å². The van der Waals surface area contributed by atoms with Crippen molar-refractivity contribution in [3.05, 3.63) is 102 Å². The van der Waals surface area contributed by atoms with Crippen molar-refractivity contribution < 1.29 is 4.57 Å². The minimum atomic E-state index is 1.28. The van der Waals surface area contributed by atoms with Crippen LogP contribution in [-0.2, 0) is 7.05 Å². The molecule has 2 aromatic heterocycles. The summed E-state index contributed by atoms with van der Waals surface area (Å²) >= 11 is 1.82. The van der Waals surface area contributed by atoms with Gasteiger partial charge in [-0.15, -0.1) is 11.3 Å². The van der Waals surface area contributed by atoms with E-state index in [4.69, 9.17) is 0 Å². The number of pyridine rings is 1. The van der Waals surface area contributed by atoms with Crippen LogP contribution in [0.4, 0.5) is 0 Å². The van der Waals surface area contributed by atoms with Gasteiger partial charge in [0.1, 0.15) is 11.9 Å². The van der Waals surface area contributed by atoms with Crippen molar-refractivity contribution in [3.8, 4) is 55.1 Å². The van der Waals surface area contributed by atoms with Crippen molar-refractivity contribution in [1.82, 2.24) is 0 Å². The van der Waals surface area contributed by atoms with E-state index in [-0.39, 0.29) is 0 Å². The number of benzene rings is 3. The topological polar surface area (TPSA) is 3.88 Å². The quantitative estimate of drug-likeness (QED) is 0.244. The average molecular weight is 417 g/mol. The van der Waals surface area contributed by atoms with Crippen molar-refractivity contribution in [3.63, 3.8) is 0 Å². The molecule has 1 aliphatic carbocycles. The van der Waals surface area contributed by atoms with Crippen LogP contribution in [0.5, 0.6) is 0 Å². The molecule has 0 saturated carbocycles. The van der Waals surface area contributed by atoms with Crippen LogP contribution < -0.4 is 4.57 Å². The molecule has 0 saturated heterocycles. The third kappa shape index (κ3) is 2.72. The number of hydrogen-bond donors (Lipinski definition) is 0. The number of hydrogen-bond acceptors (Lipinski definition) is 1. The summed E-state index contributed by atoms with van der Waals surface area (Å²) in [6, 6.07) is 31.0. The highest BCUT2D eigenvalue weighted by molar-refractivity contribution is 7.13. The highest BCUT2D eigenvalue weighted by Gasteiger charge is 2.29. The van der Waals surface area contributed by atoms with Crippen LogP contribution in [0.25, 0.3) is 55.1 Å². The minimum Gasteiger partial charge on any atom is -0.200 e. The zero-order valence-electron chi connectivity index (χ0n) is 17.6. The predicted octanol–water partition coefficient (Wildman–Crippen LogP) is 7.53. The maximum atomic E-state index is 2.28. The molecule has 5 aromatic rings. The summed E-state index contributed by atoms with van der Waals surface area (Å²) in [6.45, 7) is 2.21. The molecule has 0 radical (unpaired) electrons. The van der Waals surface area contributed by atoms with E-state index in [9.17, 15) is 0 Å². The standard InChI is InChI=1S/C29H22NS/c1-19-16-18-31-29(19)28-27-25-14-8-7-12-23(25)21-10-4-3-9-20(21)22-11-5-6-13-24(22)26(27)15-17-30(28)2/h3-18H,1-2H3/q+1. The third-order valence-electron chi connectivity index (χ3n) is 6.32. The molecule has 0 N–H and O–H groups in total. The molecule has 0 spiro atoms. The van der Waals surface area contributed by atoms with Gasteiger partial charge in [0.05, 0.1) is 5.56 Å². The molecule has 0 unspecified atom stereocenters. The Morgan fingerprint density at radius 3 is 1.58 bits per heavy atom. The SMILES string of the molecule is Cc1ccsc1-c1c2c(cc[n+]1C)-c1ccccc1-c1ccccc1-c1ccccc1-2. The second-order valence-electron chi connectivity index (χ2n) is 8.13. The summed E-state index contributed by atoms with van der Waals surface area (Å²) in [6.07, 6.45) is 2.21. The molecule has 6 rings (SSSR count). The molecule has 31 heavy (non-hydrogen) atoms. The maximum absolute atomic E-state index is 2.28. The van der Waals surface area contributed by atoms with E-state index in [1.165, 1.54) is 60.6 Å². The minimum absolute atomic E-state index is 1.28. The molecule has 0 aliphatic heterocycles. The summed E-state index contributed by atoms with van der Waals surface area (Å²) in [5.41, 5.74) is 12.9. The van der Waals surface area contributed by atoms with Gasteiger partial charge in [-0.2, -0.15) is 4.57 Å². The Labute approximate surface area is 186 Å². The average Bonchev–Trinajstić information content (AvgIpc) is 3.23. The van der Waals surface area contributed by atoms with Crippen molar-refractivity contribution >= 4 is 11.3 Å². The number of aryl methyl sites for hydroxylation is 2. The van der Waals surface area contributed by atoms with Gasteiger partial charge in [-0.05, 0) is 57.3 Å². The van der Waals surface area contributed by atoms with E-state index in [1.54, 1.807) is 0 Å². The summed E-state index contributed by atoms with van der Waals surface area (Å²) in [5, 5.41) is 2.20. The van der Waals surface area contributed by atoms with Crippen LogP contribution in [0.3, 0.4) is 0 Å². The Balaban J connectivity index is 1.85. The van der Waals surface area contributed by atoms with E-state index in [0.717, 1.165) is 0 Å².